The van der Waals surface area contributed by atoms with Crippen LogP contribution in [0.2, 0.25) is 0 Å². The van der Waals surface area contributed by atoms with Gasteiger partial charge >= 0.3 is 58.4 Å². The summed E-state index contributed by atoms with van der Waals surface area (Å²) in [5.74, 6) is 0. The van der Waals surface area contributed by atoms with Gasteiger partial charge in [0.05, 0.1) is 6.10 Å². The summed E-state index contributed by atoms with van der Waals surface area (Å²) < 4.78 is 41.4. The molecule has 0 unspecified atom stereocenters. The van der Waals surface area contributed by atoms with Crippen molar-refractivity contribution >= 4 is 6.98 Å². The van der Waals surface area contributed by atoms with E-state index in [0.29, 0.717) is 0 Å². The molecule has 1 saturated carbocycles. The molecule has 0 aromatic rings. The van der Waals surface area contributed by atoms with Crippen molar-refractivity contribution in [3.8, 4) is 0 Å². The summed E-state index contributed by atoms with van der Waals surface area (Å²) >= 11 is 0. The van der Waals surface area contributed by atoms with Gasteiger partial charge in [0.15, 0.2) is 0 Å². The van der Waals surface area contributed by atoms with Crippen molar-refractivity contribution in [1.82, 2.24) is 0 Å². The van der Waals surface area contributed by atoms with Crippen LogP contribution in [0.25, 0.3) is 0 Å². The number of hydrogen-bond acceptors (Lipinski definition) is 1. The van der Waals surface area contributed by atoms with Crippen LogP contribution in [0.15, 0.2) is 12.1 Å². The van der Waals surface area contributed by atoms with E-state index in [-0.39, 0.29) is 64.1 Å². The molecule has 0 heterocycles. The largest absolute Gasteiger partial charge is 1.00 e. The van der Waals surface area contributed by atoms with E-state index in [2.05, 4.69) is 6.58 Å². The van der Waals surface area contributed by atoms with E-state index < -0.39 is 12.4 Å². The maximum atomic E-state index is 12.1. The molecule has 0 amide bonds. The van der Waals surface area contributed by atoms with E-state index in [1.54, 1.807) is 0 Å². The SMILES string of the molecule is C=C(COC1CCCCC1)[B-](F)(F)F.[K+]. The number of rotatable bonds is 4. The summed E-state index contributed by atoms with van der Waals surface area (Å²) in [5, 5.41) is 0. The first-order valence-electron chi connectivity index (χ1n) is 4.99. The Morgan fingerprint density at radius 3 is 2.20 bits per heavy atom. The molecule has 82 valence electrons. The van der Waals surface area contributed by atoms with Gasteiger partial charge < -0.3 is 17.7 Å². The average molecular weight is 246 g/mol. The van der Waals surface area contributed by atoms with Crippen LogP contribution in [0.1, 0.15) is 32.1 Å². The molecule has 1 aliphatic rings. The second kappa shape index (κ2) is 7.50. The molecule has 0 aliphatic heterocycles. The predicted octanol–water partition coefficient (Wildman–Crippen LogP) is 0.282. The monoisotopic (exact) mass is 246 g/mol. The van der Waals surface area contributed by atoms with Crippen molar-refractivity contribution in [3.63, 3.8) is 0 Å². The van der Waals surface area contributed by atoms with Gasteiger partial charge in [-0.2, -0.15) is 0 Å². The number of hydrogen-bond donors (Lipinski definition) is 0. The Hall–Kier alpha value is 1.19. The van der Waals surface area contributed by atoms with E-state index in [1.807, 2.05) is 0 Å². The first kappa shape index (κ1) is 16.2. The van der Waals surface area contributed by atoms with Gasteiger partial charge in [-0.15, -0.1) is 12.1 Å². The van der Waals surface area contributed by atoms with Gasteiger partial charge in [-0.05, 0) is 12.8 Å². The van der Waals surface area contributed by atoms with Crippen LogP contribution in [0.4, 0.5) is 12.9 Å². The van der Waals surface area contributed by atoms with E-state index in [0.717, 1.165) is 25.7 Å². The summed E-state index contributed by atoms with van der Waals surface area (Å²) in [6, 6.07) is 0. The van der Waals surface area contributed by atoms with Crippen LogP contribution >= 0.6 is 0 Å². The van der Waals surface area contributed by atoms with Crippen LogP contribution in [-0.2, 0) is 4.74 Å². The molecule has 0 N–H and O–H groups in total. The van der Waals surface area contributed by atoms with Crippen molar-refractivity contribution in [3.05, 3.63) is 12.1 Å². The summed E-state index contributed by atoms with van der Waals surface area (Å²) in [7, 11) is 0. The van der Waals surface area contributed by atoms with Crippen LogP contribution in [0, 0.1) is 0 Å². The Kier molecular flexibility index (Phi) is 8.10. The van der Waals surface area contributed by atoms with Gasteiger partial charge in [0.1, 0.15) is 0 Å². The fraction of sp³-hybridized carbons (Fsp3) is 0.778. The van der Waals surface area contributed by atoms with E-state index >= 15 is 0 Å². The topological polar surface area (TPSA) is 9.23 Å². The van der Waals surface area contributed by atoms with E-state index in [9.17, 15) is 12.9 Å². The Morgan fingerprint density at radius 2 is 1.73 bits per heavy atom. The van der Waals surface area contributed by atoms with Crippen LogP contribution in [-0.4, -0.2) is 19.7 Å². The molecule has 15 heavy (non-hydrogen) atoms. The molecule has 1 rings (SSSR count). The van der Waals surface area contributed by atoms with Crippen molar-refractivity contribution in [1.29, 1.82) is 0 Å². The smallest absolute Gasteiger partial charge is 0.445 e. The number of ether oxygens (including phenoxy) is 1. The third kappa shape index (κ3) is 6.48. The van der Waals surface area contributed by atoms with E-state index in [4.69, 9.17) is 4.74 Å². The molecule has 0 radical (unpaired) electrons. The Bertz CT molecular complexity index is 202. The molecule has 0 aromatic carbocycles. The zero-order chi connectivity index (χ0) is 10.6. The van der Waals surface area contributed by atoms with Crippen molar-refractivity contribution < 1.29 is 69.1 Å². The molecular weight excluding hydrogens is 231 g/mol. The fourth-order valence-corrected chi connectivity index (χ4v) is 1.55. The minimum absolute atomic E-state index is 0. The van der Waals surface area contributed by atoms with Crippen molar-refractivity contribution in [2.45, 2.75) is 38.2 Å². The third-order valence-corrected chi connectivity index (χ3v) is 2.52. The van der Waals surface area contributed by atoms with Gasteiger partial charge in [0, 0.05) is 6.61 Å². The standard InChI is InChI=1S/C9H15BF3O.K/c1-8(10(11,12)13)7-14-9-5-3-2-4-6-9;/h9H,1-7H2;/q-1;+1. The minimum atomic E-state index is -4.92. The second-order valence-electron chi connectivity index (χ2n) is 3.80. The number of halogens is 3. The summed E-state index contributed by atoms with van der Waals surface area (Å²) in [6.45, 7) is -2.28. The summed E-state index contributed by atoms with van der Waals surface area (Å²) in [4.78, 5) is 0. The summed E-state index contributed by atoms with van der Waals surface area (Å²) in [6.07, 6.45) is 5.08. The molecule has 0 aromatic heterocycles. The molecule has 0 bridgehead atoms. The zero-order valence-electron chi connectivity index (χ0n) is 9.15. The third-order valence-electron chi connectivity index (χ3n) is 2.52. The first-order valence-corrected chi connectivity index (χ1v) is 4.99. The normalized spacial score (nSPS) is 18.3. The fourth-order valence-electron chi connectivity index (χ4n) is 1.55. The Labute approximate surface area is 131 Å². The zero-order valence-corrected chi connectivity index (χ0v) is 12.3. The molecule has 0 atom stereocenters. The Morgan fingerprint density at radius 1 is 1.20 bits per heavy atom. The average Bonchev–Trinajstić information content (AvgIpc) is 2.14. The van der Waals surface area contributed by atoms with E-state index in [1.165, 1.54) is 6.42 Å². The van der Waals surface area contributed by atoms with Gasteiger partial charge in [0.2, 0.25) is 0 Å². The second-order valence-corrected chi connectivity index (χ2v) is 3.80. The van der Waals surface area contributed by atoms with Crippen LogP contribution in [0.3, 0.4) is 0 Å². The van der Waals surface area contributed by atoms with Gasteiger partial charge in [-0.3, -0.25) is 0 Å². The summed E-state index contributed by atoms with van der Waals surface area (Å²) in [5.41, 5.74) is -0.726. The maximum absolute atomic E-state index is 12.1. The Balaban J connectivity index is 0.00000196. The van der Waals surface area contributed by atoms with Gasteiger partial charge in [-0.25, -0.2) is 0 Å². The molecule has 1 aliphatic carbocycles. The molecule has 6 heteroatoms. The molecule has 1 nitrogen and oxygen atoms in total. The maximum Gasteiger partial charge on any atom is 1.00 e. The van der Waals surface area contributed by atoms with Crippen LogP contribution in [0.5, 0.6) is 0 Å². The molecular formula is C9H15BF3KO. The van der Waals surface area contributed by atoms with Crippen molar-refractivity contribution in [2.75, 3.05) is 6.61 Å². The quantitative estimate of drug-likeness (QED) is 0.647. The molecule has 1 fully saturated rings. The van der Waals surface area contributed by atoms with Crippen molar-refractivity contribution in [2.24, 2.45) is 0 Å². The first-order chi connectivity index (χ1) is 6.50. The minimum Gasteiger partial charge on any atom is -0.445 e. The van der Waals surface area contributed by atoms with Crippen LogP contribution < -0.4 is 51.4 Å². The predicted molar refractivity (Wildman–Crippen MR) is 51.0 cm³/mol. The van der Waals surface area contributed by atoms with Gasteiger partial charge in [-0.1, -0.05) is 19.3 Å². The molecule has 0 spiro atoms. The molecule has 0 saturated heterocycles. The van der Waals surface area contributed by atoms with Gasteiger partial charge in [0.25, 0.3) is 0 Å².